The first-order valence-corrected chi connectivity index (χ1v) is 25.9. The van der Waals surface area contributed by atoms with Crippen molar-refractivity contribution < 1.29 is 42.4 Å². The number of rotatable bonds is 18. The molecule has 5 N–H and O–H groups in total. The van der Waals surface area contributed by atoms with Gasteiger partial charge in [0.15, 0.2) is 22.9 Å². The molecule has 3 aliphatic heterocycles. The highest BCUT2D eigenvalue weighted by molar-refractivity contribution is 7.51. The van der Waals surface area contributed by atoms with E-state index in [1.165, 1.54) is 18.2 Å². The van der Waals surface area contributed by atoms with Gasteiger partial charge in [-0.1, -0.05) is 84.9 Å². The maximum Gasteiger partial charge on any atom is 0.408 e. The fourth-order valence-electron chi connectivity index (χ4n) is 10.1. The number of aromatic nitrogens is 8. The molecule has 384 valence electrons. The van der Waals surface area contributed by atoms with Crippen molar-refractivity contribution in [2.24, 2.45) is 0 Å². The second kappa shape index (κ2) is 21.1. The SMILES string of the molecule is COc1ccc(C(OC[C@H]2O[C@@H](n3cnc4c(N)ncnc43)C[C@@H]2OP(=O)(OC[C@H]2O[C@@H](n3cnc4c(N)ncnc43)C[C@@H]2O)N2CCN(Cc3ccccc3)CC2)(c2ccccc2)c2ccc(OC)cc2)cc1. The zero-order valence-electron chi connectivity index (χ0n) is 40.8. The van der Waals surface area contributed by atoms with E-state index < -0.39 is 50.2 Å². The van der Waals surface area contributed by atoms with E-state index in [9.17, 15) is 5.11 Å². The summed E-state index contributed by atoms with van der Waals surface area (Å²) in [6.45, 7) is 2.26. The average molecular weight is 1030 g/mol. The van der Waals surface area contributed by atoms with Crippen LogP contribution in [-0.2, 0) is 40.0 Å². The lowest BCUT2D eigenvalue weighted by Gasteiger charge is -2.39. The summed E-state index contributed by atoms with van der Waals surface area (Å²) in [5, 5.41) is 11.5. The van der Waals surface area contributed by atoms with Gasteiger partial charge in [-0.15, -0.1) is 0 Å². The number of aliphatic hydroxyl groups is 1. The number of methoxy groups -OCH3 is 2. The van der Waals surface area contributed by atoms with Crippen molar-refractivity contribution in [3.63, 3.8) is 0 Å². The maximum atomic E-state index is 16.1. The molecule has 11 rings (SSSR count). The van der Waals surface area contributed by atoms with Gasteiger partial charge >= 0.3 is 7.75 Å². The molecule has 3 aliphatic rings. The van der Waals surface area contributed by atoms with Crippen LogP contribution in [0, 0.1) is 0 Å². The Labute approximate surface area is 426 Å². The Morgan fingerprint density at radius 1 is 0.649 bits per heavy atom. The first kappa shape index (κ1) is 49.3. The molecule has 1 unspecified atom stereocenters. The van der Waals surface area contributed by atoms with E-state index in [-0.39, 0.29) is 37.7 Å². The quantitative estimate of drug-likeness (QED) is 0.0647. The van der Waals surface area contributed by atoms with E-state index in [0.29, 0.717) is 60.0 Å². The molecule has 0 saturated carbocycles. The molecule has 4 aromatic heterocycles. The number of fused-ring (bicyclic) bond motifs is 2. The molecule has 0 amide bonds. The van der Waals surface area contributed by atoms with E-state index in [0.717, 1.165) is 23.2 Å². The number of benzene rings is 4. The van der Waals surface area contributed by atoms with Crippen LogP contribution in [0.4, 0.5) is 11.6 Å². The van der Waals surface area contributed by atoms with Crippen LogP contribution in [0.1, 0.15) is 47.6 Å². The fourth-order valence-corrected chi connectivity index (χ4v) is 12.0. The summed E-state index contributed by atoms with van der Waals surface area (Å²) in [6.07, 6.45) is 1.16. The summed E-state index contributed by atoms with van der Waals surface area (Å²) < 4.78 is 66.9. The summed E-state index contributed by atoms with van der Waals surface area (Å²) in [6, 6.07) is 35.7. The third kappa shape index (κ3) is 9.69. The minimum atomic E-state index is -4.29. The zero-order chi connectivity index (χ0) is 50.8. The van der Waals surface area contributed by atoms with Crippen molar-refractivity contribution in [2.75, 3.05) is 65.1 Å². The van der Waals surface area contributed by atoms with Crippen LogP contribution in [0.25, 0.3) is 22.3 Å². The molecule has 0 radical (unpaired) electrons. The first-order chi connectivity index (χ1) is 36.1. The lowest BCUT2D eigenvalue weighted by molar-refractivity contribution is -0.0935. The average Bonchev–Trinajstić information content (AvgIpc) is 4.25. The first-order valence-electron chi connectivity index (χ1n) is 24.4. The fraction of sp³-hybridized carbons (Fsp3) is 0.346. The summed E-state index contributed by atoms with van der Waals surface area (Å²) >= 11 is 0. The van der Waals surface area contributed by atoms with Crippen molar-refractivity contribution in [1.82, 2.24) is 48.6 Å². The van der Waals surface area contributed by atoms with Crippen LogP contribution >= 0.6 is 7.75 Å². The smallest absolute Gasteiger partial charge is 0.408 e. The predicted molar refractivity (Wildman–Crippen MR) is 273 cm³/mol. The summed E-state index contributed by atoms with van der Waals surface area (Å²) in [7, 11) is -1.04. The Balaban J connectivity index is 0.936. The van der Waals surface area contributed by atoms with Gasteiger partial charge < -0.3 is 40.3 Å². The molecule has 0 spiro atoms. The van der Waals surface area contributed by atoms with Crippen LogP contribution < -0.4 is 20.9 Å². The highest BCUT2D eigenvalue weighted by Crippen LogP contribution is 2.56. The molecule has 7 heterocycles. The Morgan fingerprint density at radius 3 is 1.74 bits per heavy atom. The monoisotopic (exact) mass is 1020 g/mol. The number of hydrogen-bond acceptors (Lipinski definition) is 18. The van der Waals surface area contributed by atoms with E-state index in [1.54, 1.807) is 40.7 Å². The zero-order valence-corrected chi connectivity index (χ0v) is 41.7. The van der Waals surface area contributed by atoms with E-state index in [2.05, 4.69) is 46.9 Å². The van der Waals surface area contributed by atoms with Crippen molar-refractivity contribution in [2.45, 2.75) is 61.9 Å². The topological polar surface area (TPSA) is 248 Å². The predicted octanol–water partition coefficient (Wildman–Crippen LogP) is 6.12. The number of anilines is 2. The van der Waals surface area contributed by atoms with Gasteiger partial charge in [0.05, 0.1) is 46.2 Å². The van der Waals surface area contributed by atoms with Gasteiger partial charge in [-0.2, -0.15) is 0 Å². The molecule has 0 bridgehead atoms. The summed E-state index contributed by atoms with van der Waals surface area (Å²) in [4.78, 5) is 28.3. The molecule has 22 heteroatoms. The number of ether oxygens (including phenoxy) is 5. The van der Waals surface area contributed by atoms with Crippen LogP contribution in [0.15, 0.2) is 135 Å². The third-order valence-electron chi connectivity index (χ3n) is 14.0. The molecular formula is C52H57N12O9P. The van der Waals surface area contributed by atoms with Crippen molar-refractivity contribution in [3.05, 3.63) is 157 Å². The third-order valence-corrected chi connectivity index (χ3v) is 16.1. The van der Waals surface area contributed by atoms with Gasteiger partial charge in [0.2, 0.25) is 0 Å². The highest BCUT2D eigenvalue weighted by atomic mass is 31.2. The van der Waals surface area contributed by atoms with Gasteiger partial charge in [-0.3, -0.25) is 23.1 Å². The Kier molecular flexibility index (Phi) is 14.1. The molecule has 0 aliphatic carbocycles. The maximum absolute atomic E-state index is 16.1. The van der Waals surface area contributed by atoms with Gasteiger partial charge in [-0.25, -0.2) is 39.1 Å². The Bertz CT molecular complexity index is 3170. The van der Waals surface area contributed by atoms with Crippen LogP contribution in [0.5, 0.6) is 11.5 Å². The normalized spacial score (nSPS) is 22.6. The number of piperazine rings is 1. The number of nitrogen functional groups attached to an aromatic ring is 2. The number of imidazole rings is 2. The molecular weight excluding hydrogens is 968 g/mol. The number of hydrogen-bond donors (Lipinski definition) is 3. The second-order valence-corrected chi connectivity index (χ2v) is 20.4. The minimum absolute atomic E-state index is 0.0677. The lowest BCUT2D eigenvalue weighted by Crippen LogP contribution is -2.46. The van der Waals surface area contributed by atoms with Crippen molar-refractivity contribution >= 4 is 41.7 Å². The van der Waals surface area contributed by atoms with Gasteiger partial charge in [-0.05, 0) is 46.5 Å². The molecule has 3 saturated heterocycles. The standard InChI is InChI=1S/C52H57N12O9P/c1-67-38-17-13-36(14-18-38)52(35-11-7-4-8-12-35,37-15-19-39(68-2)20-16-37)69-28-43-41(26-45(72-43)64-33-60-47-49(54)56-31-58-51(47)64)73-74(66,62-23-21-61(22-24-62)27-34-9-5-3-6-10-34)70-29-42-40(65)25-44(71-42)63-32-59-46-48(53)55-30-57-50(46)63/h3-20,30-33,40-45,65H,21-29H2,1-2H3,(H2,53,55,57)(H2,54,56,58)/t40-,41-,42+,43+,44+,45+,74?/m0/s1. The number of nitrogens with two attached hydrogens (primary N) is 2. The van der Waals surface area contributed by atoms with Crippen LogP contribution in [-0.4, -0.2) is 132 Å². The molecule has 21 nitrogen and oxygen atoms in total. The van der Waals surface area contributed by atoms with Crippen LogP contribution in [0.2, 0.25) is 0 Å². The van der Waals surface area contributed by atoms with E-state index in [4.69, 9.17) is 44.2 Å². The number of nitrogens with zero attached hydrogens (tertiary/aromatic N) is 10. The lowest BCUT2D eigenvalue weighted by atomic mass is 9.80. The molecule has 3 fully saturated rings. The highest BCUT2D eigenvalue weighted by Gasteiger charge is 2.49. The minimum Gasteiger partial charge on any atom is -0.497 e. The second-order valence-electron chi connectivity index (χ2n) is 18.4. The Morgan fingerprint density at radius 2 is 1.18 bits per heavy atom. The molecule has 4 aromatic carbocycles. The van der Waals surface area contributed by atoms with E-state index in [1.807, 2.05) is 97.1 Å². The van der Waals surface area contributed by atoms with Gasteiger partial charge in [0, 0.05) is 45.6 Å². The summed E-state index contributed by atoms with van der Waals surface area (Å²) in [5.41, 5.74) is 16.5. The molecule has 8 aromatic rings. The van der Waals surface area contributed by atoms with E-state index >= 15 is 4.57 Å². The number of aliphatic hydroxyl groups excluding tert-OH is 1. The molecule has 74 heavy (non-hydrogen) atoms. The van der Waals surface area contributed by atoms with Crippen molar-refractivity contribution in [3.8, 4) is 11.5 Å². The Hall–Kier alpha value is -6.91. The van der Waals surface area contributed by atoms with Crippen LogP contribution in [0.3, 0.4) is 0 Å². The van der Waals surface area contributed by atoms with Gasteiger partial charge in [0.25, 0.3) is 0 Å². The van der Waals surface area contributed by atoms with Gasteiger partial charge in [0.1, 0.15) is 71.6 Å². The van der Waals surface area contributed by atoms with Crippen molar-refractivity contribution in [1.29, 1.82) is 0 Å². The largest absolute Gasteiger partial charge is 0.497 e. The summed E-state index contributed by atoms with van der Waals surface area (Å²) in [5.74, 6) is 1.79. The molecule has 7 atom stereocenters.